The first-order chi connectivity index (χ1) is 8.74. The van der Waals surface area contributed by atoms with E-state index in [0.29, 0.717) is 11.6 Å². The average Bonchev–Trinajstić information content (AvgIpc) is 2.98. The van der Waals surface area contributed by atoms with E-state index in [9.17, 15) is 9.59 Å². The van der Waals surface area contributed by atoms with Gasteiger partial charge in [-0.2, -0.15) is 0 Å². The summed E-state index contributed by atoms with van der Waals surface area (Å²) in [5.74, 6) is 0.849. The van der Waals surface area contributed by atoms with Gasteiger partial charge in [0.25, 0.3) is 0 Å². The minimum absolute atomic E-state index is 0.395. The van der Waals surface area contributed by atoms with Gasteiger partial charge in [0.2, 0.25) is 0 Å². The highest BCUT2D eigenvalue weighted by Crippen LogP contribution is 2.19. The summed E-state index contributed by atoms with van der Waals surface area (Å²) in [5.41, 5.74) is 1.10. The van der Waals surface area contributed by atoms with E-state index in [1.807, 2.05) is 0 Å². The van der Waals surface area contributed by atoms with E-state index in [-0.39, 0.29) is 0 Å². The highest BCUT2D eigenvalue weighted by molar-refractivity contribution is 5.97. The molecule has 2 aliphatic carbocycles. The van der Waals surface area contributed by atoms with Crippen molar-refractivity contribution >= 4 is 11.6 Å². The Kier molecular flexibility index (Phi) is 7.63. The lowest BCUT2D eigenvalue weighted by Gasteiger charge is -1.99. The molecular formula is C16H26O2. The maximum absolute atomic E-state index is 11.2. The number of carbonyl (C=O) groups is 2. The minimum Gasteiger partial charge on any atom is -0.300 e. The lowest BCUT2D eigenvalue weighted by molar-refractivity contribution is -0.117. The van der Waals surface area contributed by atoms with E-state index in [4.69, 9.17) is 0 Å². The summed E-state index contributed by atoms with van der Waals surface area (Å²) >= 11 is 0. The molecule has 2 aliphatic rings. The van der Waals surface area contributed by atoms with Gasteiger partial charge in [0.05, 0.1) is 0 Å². The third kappa shape index (κ3) is 6.13. The second-order valence-electron chi connectivity index (χ2n) is 5.25. The SMILES string of the molecule is CCCCCCC1=CCCC1=O.O=C1CCCC1. The van der Waals surface area contributed by atoms with Gasteiger partial charge in [0, 0.05) is 19.3 Å². The highest BCUT2D eigenvalue weighted by Gasteiger charge is 2.13. The Morgan fingerprint density at radius 2 is 1.72 bits per heavy atom. The maximum Gasteiger partial charge on any atom is 0.158 e. The summed E-state index contributed by atoms with van der Waals surface area (Å²) in [7, 11) is 0. The monoisotopic (exact) mass is 250 g/mol. The van der Waals surface area contributed by atoms with Gasteiger partial charge in [-0.15, -0.1) is 0 Å². The summed E-state index contributed by atoms with van der Waals surface area (Å²) in [5, 5.41) is 0. The summed E-state index contributed by atoms with van der Waals surface area (Å²) in [6.07, 6.45) is 13.9. The zero-order valence-corrected chi connectivity index (χ0v) is 11.7. The summed E-state index contributed by atoms with van der Waals surface area (Å²) < 4.78 is 0. The van der Waals surface area contributed by atoms with Crippen LogP contribution in [0, 0.1) is 0 Å². The number of rotatable bonds is 5. The zero-order valence-electron chi connectivity index (χ0n) is 11.7. The topological polar surface area (TPSA) is 34.1 Å². The Balaban J connectivity index is 0.000000225. The molecule has 2 rings (SSSR count). The molecule has 2 heteroatoms. The second kappa shape index (κ2) is 9.07. The maximum atomic E-state index is 11.2. The van der Waals surface area contributed by atoms with Crippen LogP contribution in [0.4, 0.5) is 0 Å². The number of hydrogen-bond acceptors (Lipinski definition) is 2. The first kappa shape index (κ1) is 15.1. The molecule has 18 heavy (non-hydrogen) atoms. The fraction of sp³-hybridized carbons (Fsp3) is 0.750. The molecule has 0 bridgehead atoms. The lowest BCUT2D eigenvalue weighted by atomic mass is 10.1. The zero-order chi connectivity index (χ0) is 13.2. The molecule has 0 heterocycles. The van der Waals surface area contributed by atoms with Crippen molar-refractivity contribution in [1.82, 2.24) is 0 Å². The van der Waals surface area contributed by atoms with Crippen molar-refractivity contribution in [3.05, 3.63) is 11.6 Å². The third-order valence-electron chi connectivity index (χ3n) is 3.58. The van der Waals surface area contributed by atoms with Crippen LogP contribution in [0.15, 0.2) is 11.6 Å². The standard InChI is InChI=1S/C11H18O.C5H8O/c1-2-3-4-5-7-10-8-6-9-11(10)12;6-5-3-1-2-4-5/h8H,2-7,9H2,1H3;1-4H2. The van der Waals surface area contributed by atoms with Crippen molar-refractivity contribution in [3.63, 3.8) is 0 Å². The molecule has 2 nitrogen and oxygen atoms in total. The predicted octanol–water partition coefficient (Wildman–Crippen LogP) is 4.38. The molecule has 0 atom stereocenters. The van der Waals surface area contributed by atoms with Gasteiger partial charge in [-0.1, -0.05) is 32.3 Å². The van der Waals surface area contributed by atoms with Crippen LogP contribution in [0.3, 0.4) is 0 Å². The highest BCUT2D eigenvalue weighted by atomic mass is 16.1. The lowest BCUT2D eigenvalue weighted by Crippen LogP contribution is -1.95. The van der Waals surface area contributed by atoms with Crippen LogP contribution in [0.25, 0.3) is 0 Å². The van der Waals surface area contributed by atoms with Gasteiger partial charge in [0.1, 0.15) is 5.78 Å². The summed E-state index contributed by atoms with van der Waals surface area (Å²) in [6, 6.07) is 0. The molecule has 0 N–H and O–H groups in total. The molecule has 0 aromatic carbocycles. The fourth-order valence-electron chi connectivity index (χ4n) is 2.40. The second-order valence-corrected chi connectivity index (χ2v) is 5.25. The molecule has 0 spiro atoms. The van der Waals surface area contributed by atoms with Crippen molar-refractivity contribution in [3.8, 4) is 0 Å². The van der Waals surface area contributed by atoms with Crippen molar-refractivity contribution in [2.24, 2.45) is 0 Å². The van der Waals surface area contributed by atoms with Crippen LogP contribution in [0.5, 0.6) is 0 Å². The molecule has 102 valence electrons. The molecule has 0 amide bonds. The van der Waals surface area contributed by atoms with Crippen LogP contribution < -0.4 is 0 Å². The van der Waals surface area contributed by atoms with Crippen LogP contribution in [-0.4, -0.2) is 11.6 Å². The Morgan fingerprint density at radius 3 is 2.17 bits per heavy atom. The first-order valence-electron chi connectivity index (χ1n) is 7.48. The number of ketones is 2. The van der Waals surface area contributed by atoms with Crippen molar-refractivity contribution < 1.29 is 9.59 Å². The van der Waals surface area contributed by atoms with E-state index in [1.165, 1.54) is 25.7 Å². The number of allylic oxidation sites excluding steroid dienone is 2. The molecule has 1 saturated carbocycles. The van der Waals surface area contributed by atoms with Crippen LogP contribution >= 0.6 is 0 Å². The van der Waals surface area contributed by atoms with Gasteiger partial charge in [-0.25, -0.2) is 0 Å². The Hall–Kier alpha value is -0.920. The van der Waals surface area contributed by atoms with E-state index in [0.717, 1.165) is 50.5 Å². The summed E-state index contributed by atoms with van der Waals surface area (Å²) in [4.78, 5) is 21.4. The summed E-state index contributed by atoms with van der Waals surface area (Å²) in [6.45, 7) is 2.21. The fourth-order valence-corrected chi connectivity index (χ4v) is 2.40. The van der Waals surface area contributed by atoms with Gasteiger partial charge in [-0.05, 0) is 37.7 Å². The Morgan fingerprint density at radius 1 is 1.00 bits per heavy atom. The van der Waals surface area contributed by atoms with Gasteiger partial charge < -0.3 is 0 Å². The Bertz CT molecular complexity index is 294. The molecule has 0 saturated heterocycles. The van der Waals surface area contributed by atoms with Crippen molar-refractivity contribution in [2.75, 3.05) is 0 Å². The van der Waals surface area contributed by atoms with Gasteiger partial charge in [-0.3, -0.25) is 9.59 Å². The third-order valence-corrected chi connectivity index (χ3v) is 3.58. The molecule has 0 aromatic heterocycles. The molecule has 0 unspecified atom stereocenters. The minimum atomic E-state index is 0.395. The number of hydrogen-bond donors (Lipinski definition) is 0. The van der Waals surface area contributed by atoms with E-state index < -0.39 is 0 Å². The van der Waals surface area contributed by atoms with E-state index in [2.05, 4.69) is 13.0 Å². The number of Topliss-reactive ketones (excluding diaryl/α,β-unsaturated/α-hetero) is 2. The van der Waals surface area contributed by atoms with Gasteiger partial charge in [0.15, 0.2) is 5.78 Å². The smallest absolute Gasteiger partial charge is 0.158 e. The molecule has 0 radical (unpaired) electrons. The predicted molar refractivity (Wildman–Crippen MR) is 74.6 cm³/mol. The van der Waals surface area contributed by atoms with Crippen molar-refractivity contribution in [2.45, 2.75) is 77.6 Å². The Labute approximate surface area is 111 Å². The van der Waals surface area contributed by atoms with Gasteiger partial charge >= 0.3 is 0 Å². The first-order valence-corrected chi connectivity index (χ1v) is 7.48. The normalized spacial score (nSPS) is 18.6. The van der Waals surface area contributed by atoms with E-state index in [1.54, 1.807) is 0 Å². The quantitative estimate of drug-likeness (QED) is 0.679. The number of unbranched alkanes of at least 4 members (excludes halogenated alkanes) is 3. The molecule has 0 aromatic rings. The van der Waals surface area contributed by atoms with Crippen LogP contribution in [0.2, 0.25) is 0 Å². The van der Waals surface area contributed by atoms with Crippen LogP contribution in [-0.2, 0) is 9.59 Å². The molecule has 0 aliphatic heterocycles. The van der Waals surface area contributed by atoms with Crippen LogP contribution in [0.1, 0.15) is 77.6 Å². The molecular weight excluding hydrogens is 224 g/mol. The molecule has 1 fully saturated rings. The number of carbonyl (C=O) groups excluding carboxylic acids is 2. The van der Waals surface area contributed by atoms with E-state index >= 15 is 0 Å². The average molecular weight is 250 g/mol. The largest absolute Gasteiger partial charge is 0.300 e. The van der Waals surface area contributed by atoms with Crippen molar-refractivity contribution in [1.29, 1.82) is 0 Å².